The van der Waals surface area contributed by atoms with Crippen molar-refractivity contribution in [2.45, 2.75) is 76.4 Å². The molecule has 2 fully saturated rings. The minimum atomic E-state index is -1.14. The van der Waals surface area contributed by atoms with Gasteiger partial charge in [-0.05, 0) is 44.4 Å². The standard InChI is InChI=1S/C21H35N3O7/c1-14-6-8-15(9-7-14)22-18(25)10-23(11-19(26)27)16-4-2-3-5-17(16)24(12-20(28)29)13-21(30)31/h14-17H,2-13H2,1H3,(H,22,25)(H,26,27)(H,28,29)(H,30,31)/t14?,15?,16-,17-/m1/s1. The van der Waals surface area contributed by atoms with Gasteiger partial charge in [0, 0.05) is 18.1 Å². The molecule has 0 spiro atoms. The van der Waals surface area contributed by atoms with E-state index in [9.17, 15) is 34.5 Å². The van der Waals surface area contributed by atoms with E-state index < -0.39 is 43.1 Å². The quantitative estimate of drug-likeness (QED) is 0.366. The van der Waals surface area contributed by atoms with Crippen molar-refractivity contribution in [3.63, 3.8) is 0 Å². The number of hydrogen-bond donors (Lipinski definition) is 4. The predicted molar refractivity (Wildman–Crippen MR) is 112 cm³/mol. The SMILES string of the molecule is CC1CCC(NC(=O)CN(CC(=O)O)[C@@H]2CCCC[C@H]2N(CC(=O)O)CC(=O)O)CC1. The van der Waals surface area contributed by atoms with Crippen molar-refractivity contribution in [3.8, 4) is 0 Å². The van der Waals surface area contributed by atoms with Crippen molar-refractivity contribution in [1.29, 1.82) is 0 Å². The third-order valence-electron chi connectivity index (χ3n) is 6.37. The van der Waals surface area contributed by atoms with Crippen LogP contribution in [-0.4, -0.2) is 93.2 Å². The summed E-state index contributed by atoms with van der Waals surface area (Å²) >= 11 is 0. The average Bonchev–Trinajstić information content (AvgIpc) is 2.67. The van der Waals surface area contributed by atoms with Crippen molar-refractivity contribution >= 4 is 23.8 Å². The van der Waals surface area contributed by atoms with Gasteiger partial charge in [0.25, 0.3) is 0 Å². The second-order valence-electron chi connectivity index (χ2n) is 8.93. The molecule has 2 atom stereocenters. The van der Waals surface area contributed by atoms with Crippen LogP contribution in [0.15, 0.2) is 0 Å². The van der Waals surface area contributed by atoms with Gasteiger partial charge in [-0.25, -0.2) is 0 Å². The van der Waals surface area contributed by atoms with Gasteiger partial charge >= 0.3 is 17.9 Å². The van der Waals surface area contributed by atoms with E-state index in [1.807, 2.05) is 0 Å². The van der Waals surface area contributed by atoms with Crippen LogP contribution in [0.3, 0.4) is 0 Å². The average molecular weight is 442 g/mol. The van der Waals surface area contributed by atoms with Crippen molar-refractivity contribution < 1.29 is 34.5 Å². The van der Waals surface area contributed by atoms with E-state index in [4.69, 9.17) is 0 Å². The molecule has 2 saturated carbocycles. The first-order valence-corrected chi connectivity index (χ1v) is 11.1. The maximum atomic E-state index is 12.7. The van der Waals surface area contributed by atoms with Crippen molar-refractivity contribution in [2.75, 3.05) is 26.2 Å². The zero-order valence-electron chi connectivity index (χ0n) is 18.2. The van der Waals surface area contributed by atoms with Crippen LogP contribution in [0.1, 0.15) is 58.3 Å². The van der Waals surface area contributed by atoms with E-state index >= 15 is 0 Å². The molecule has 0 aromatic heterocycles. The van der Waals surface area contributed by atoms with Gasteiger partial charge in [0.2, 0.25) is 5.91 Å². The normalized spacial score (nSPS) is 26.5. The molecule has 0 heterocycles. The van der Waals surface area contributed by atoms with Crippen molar-refractivity contribution in [2.24, 2.45) is 5.92 Å². The summed E-state index contributed by atoms with van der Waals surface area (Å²) in [4.78, 5) is 49.8. The number of hydrogen-bond acceptors (Lipinski definition) is 6. The topological polar surface area (TPSA) is 147 Å². The summed E-state index contributed by atoms with van der Waals surface area (Å²) in [5.74, 6) is -2.95. The second-order valence-corrected chi connectivity index (χ2v) is 8.93. The Morgan fingerprint density at radius 2 is 1.13 bits per heavy atom. The number of carboxylic acid groups (broad SMARTS) is 3. The summed E-state index contributed by atoms with van der Waals surface area (Å²) in [6.07, 6.45) is 6.66. The molecule has 2 aliphatic rings. The fourth-order valence-electron chi connectivity index (χ4n) is 4.91. The third-order valence-corrected chi connectivity index (χ3v) is 6.37. The molecule has 0 aromatic rings. The molecule has 2 rings (SSSR count). The number of carbonyl (C=O) groups is 4. The van der Waals surface area contributed by atoms with E-state index in [1.165, 1.54) is 4.90 Å². The molecule has 4 N–H and O–H groups in total. The number of rotatable bonds is 11. The molecular weight excluding hydrogens is 406 g/mol. The summed E-state index contributed by atoms with van der Waals surface area (Å²) in [5.41, 5.74) is 0. The van der Waals surface area contributed by atoms with Crippen molar-refractivity contribution in [1.82, 2.24) is 15.1 Å². The lowest BCUT2D eigenvalue weighted by Gasteiger charge is -2.43. The highest BCUT2D eigenvalue weighted by molar-refractivity contribution is 5.79. The molecule has 0 aromatic carbocycles. The molecule has 0 saturated heterocycles. The van der Waals surface area contributed by atoms with E-state index in [0.717, 1.165) is 38.5 Å². The third kappa shape index (κ3) is 8.45. The highest BCUT2D eigenvalue weighted by Crippen LogP contribution is 2.28. The first-order chi connectivity index (χ1) is 14.7. The summed E-state index contributed by atoms with van der Waals surface area (Å²) in [5, 5.41) is 30.9. The highest BCUT2D eigenvalue weighted by atomic mass is 16.4. The molecule has 1 amide bonds. The Kier molecular flexibility index (Phi) is 9.70. The van der Waals surface area contributed by atoms with Crippen LogP contribution in [0.2, 0.25) is 0 Å². The Morgan fingerprint density at radius 3 is 1.55 bits per heavy atom. The number of nitrogens with one attached hydrogen (secondary N) is 1. The maximum Gasteiger partial charge on any atom is 0.317 e. The summed E-state index contributed by atoms with van der Waals surface area (Å²) < 4.78 is 0. The lowest BCUT2D eigenvalue weighted by molar-refractivity contribution is -0.147. The monoisotopic (exact) mass is 441 g/mol. The molecule has 31 heavy (non-hydrogen) atoms. The summed E-state index contributed by atoms with van der Waals surface area (Å²) in [6, 6.07) is -0.752. The van der Waals surface area contributed by atoms with E-state index in [2.05, 4.69) is 12.2 Å². The molecule has 0 aliphatic heterocycles. The summed E-state index contributed by atoms with van der Waals surface area (Å²) in [7, 11) is 0. The number of amides is 1. The van der Waals surface area contributed by atoms with Gasteiger partial charge in [0.15, 0.2) is 0 Å². The van der Waals surface area contributed by atoms with Crippen LogP contribution >= 0.6 is 0 Å². The summed E-state index contributed by atoms with van der Waals surface area (Å²) in [6.45, 7) is 0.843. The van der Waals surface area contributed by atoms with Crippen LogP contribution in [0, 0.1) is 5.92 Å². The van der Waals surface area contributed by atoms with Crippen LogP contribution in [-0.2, 0) is 19.2 Å². The van der Waals surface area contributed by atoms with Gasteiger partial charge < -0.3 is 20.6 Å². The fourth-order valence-corrected chi connectivity index (χ4v) is 4.91. The molecular formula is C21H35N3O7. The Balaban J connectivity index is 2.12. The van der Waals surface area contributed by atoms with E-state index in [1.54, 1.807) is 4.90 Å². The number of carboxylic acids is 3. The number of carbonyl (C=O) groups excluding carboxylic acids is 1. The molecule has 2 aliphatic carbocycles. The minimum absolute atomic E-state index is 0.0908. The van der Waals surface area contributed by atoms with Gasteiger partial charge in [-0.3, -0.25) is 29.0 Å². The Labute approximate surface area is 182 Å². The Bertz CT molecular complexity index is 633. The lowest BCUT2D eigenvalue weighted by atomic mass is 9.87. The first-order valence-electron chi connectivity index (χ1n) is 11.1. The lowest BCUT2D eigenvalue weighted by Crippen LogP contribution is -2.58. The Morgan fingerprint density at radius 1 is 0.710 bits per heavy atom. The molecule has 10 heteroatoms. The number of nitrogens with zero attached hydrogens (tertiary/aromatic N) is 2. The van der Waals surface area contributed by atoms with Gasteiger partial charge in [0.05, 0.1) is 26.2 Å². The smallest absolute Gasteiger partial charge is 0.317 e. The molecule has 0 bridgehead atoms. The van der Waals surface area contributed by atoms with Crippen LogP contribution in [0.25, 0.3) is 0 Å². The molecule has 176 valence electrons. The zero-order valence-corrected chi connectivity index (χ0v) is 18.2. The van der Waals surface area contributed by atoms with Gasteiger partial charge in [-0.1, -0.05) is 19.8 Å². The number of aliphatic carboxylic acids is 3. The maximum absolute atomic E-state index is 12.7. The second kappa shape index (κ2) is 12.0. The van der Waals surface area contributed by atoms with E-state index in [0.29, 0.717) is 18.8 Å². The van der Waals surface area contributed by atoms with Gasteiger partial charge in [-0.15, -0.1) is 0 Å². The minimum Gasteiger partial charge on any atom is -0.480 e. The zero-order chi connectivity index (χ0) is 23.0. The first kappa shape index (κ1) is 25.1. The van der Waals surface area contributed by atoms with Crippen LogP contribution < -0.4 is 5.32 Å². The largest absolute Gasteiger partial charge is 0.480 e. The molecule has 0 unspecified atom stereocenters. The van der Waals surface area contributed by atoms with E-state index in [-0.39, 0.29) is 25.0 Å². The van der Waals surface area contributed by atoms with Gasteiger partial charge in [0.1, 0.15) is 0 Å². The molecule has 0 radical (unpaired) electrons. The van der Waals surface area contributed by atoms with Crippen LogP contribution in [0.4, 0.5) is 0 Å². The highest BCUT2D eigenvalue weighted by Gasteiger charge is 2.37. The Hall–Kier alpha value is -2.20. The molecule has 10 nitrogen and oxygen atoms in total. The fraction of sp³-hybridized carbons (Fsp3) is 0.810. The van der Waals surface area contributed by atoms with Crippen LogP contribution in [0.5, 0.6) is 0 Å². The van der Waals surface area contributed by atoms with Crippen molar-refractivity contribution in [3.05, 3.63) is 0 Å². The van der Waals surface area contributed by atoms with Gasteiger partial charge in [-0.2, -0.15) is 0 Å². The predicted octanol–water partition coefficient (Wildman–Crippen LogP) is 0.850.